The van der Waals surface area contributed by atoms with Crippen LogP contribution in [0, 0.1) is 5.92 Å². The van der Waals surface area contributed by atoms with E-state index in [1.165, 1.54) is 10.9 Å². The second-order valence-corrected chi connectivity index (χ2v) is 8.99. The predicted molar refractivity (Wildman–Crippen MR) is 128 cm³/mol. The van der Waals surface area contributed by atoms with Gasteiger partial charge in [-0.05, 0) is 41.5 Å². The Morgan fingerprint density at radius 1 is 1.03 bits per heavy atom. The normalized spacial score (nSPS) is 18.5. The lowest BCUT2D eigenvalue weighted by Gasteiger charge is -2.14. The van der Waals surface area contributed by atoms with Gasteiger partial charge in [-0.25, -0.2) is 4.79 Å². The molecule has 0 aliphatic heterocycles. The standard InChI is InChI=1S/C26H26N4O5/c31-24(28-17-10-9-16(11-17)25(32)33)14-30-13-18(12-27-30)29-26(34)35-15-23-21-7-3-1-5-19(21)20-6-2-4-8-22(20)23/h1-8,12-13,16-17,23H,9-11,14-15H2,(H,28,31)(H,29,34)(H,32,33)/t16-,17+/m0/s1. The molecule has 1 aromatic heterocycles. The highest BCUT2D eigenvalue weighted by Gasteiger charge is 2.31. The van der Waals surface area contributed by atoms with Crippen molar-refractivity contribution < 1.29 is 24.2 Å². The first kappa shape index (κ1) is 22.6. The van der Waals surface area contributed by atoms with Crippen LogP contribution in [0.1, 0.15) is 36.3 Å². The molecule has 2 amide bonds. The maximum absolute atomic E-state index is 12.4. The number of rotatable bonds is 7. The third kappa shape index (κ3) is 4.89. The number of carbonyl (C=O) groups excluding carboxylic acids is 2. The number of fused-ring (bicyclic) bond motifs is 3. The number of ether oxygens (including phenoxy) is 1. The van der Waals surface area contributed by atoms with Gasteiger partial charge in [-0.1, -0.05) is 48.5 Å². The Morgan fingerprint density at radius 2 is 1.71 bits per heavy atom. The van der Waals surface area contributed by atoms with Crippen LogP contribution in [0.5, 0.6) is 0 Å². The summed E-state index contributed by atoms with van der Waals surface area (Å²) in [6.45, 7) is 0.176. The van der Waals surface area contributed by atoms with Crippen LogP contribution in [0.3, 0.4) is 0 Å². The molecule has 0 unspecified atom stereocenters. The highest BCUT2D eigenvalue weighted by atomic mass is 16.5. The van der Waals surface area contributed by atoms with Gasteiger partial charge in [0.05, 0.1) is 17.8 Å². The van der Waals surface area contributed by atoms with Crippen molar-refractivity contribution in [2.24, 2.45) is 5.92 Å². The summed E-state index contributed by atoms with van der Waals surface area (Å²) in [5, 5.41) is 18.7. The summed E-state index contributed by atoms with van der Waals surface area (Å²) < 4.78 is 6.95. The molecule has 3 N–H and O–H groups in total. The molecule has 5 rings (SSSR count). The number of benzene rings is 2. The number of carbonyl (C=O) groups is 3. The number of nitrogens with zero attached hydrogens (tertiary/aromatic N) is 2. The molecule has 0 spiro atoms. The monoisotopic (exact) mass is 474 g/mol. The maximum atomic E-state index is 12.4. The minimum atomic E-state index is -0.822. The number of amides is 2. The van der Waals surface area contributed by atoms with Gasteiger partial charge in [0.15, 0.2) is 0 Å². The van der Waals surface area contributed by atoms with E-state index >= 15 is 0 Å². The Kier molecular flexibility index (Phi) is 6.22. The van der Waals surface area contributed by atoms with Gasteiger partial charge in [-0.2, -0.15) is 5.10 Å². The zero-order valence-corrected chi connectivity index (χ0v) is 19.0. The van der Waals surface area contributed by atoms with Crippen molar-refractivity contribution in [2.45, 2.75) is 37.8 Å². The molecule has 1 heterocycles. The predicted octanol–water partition coefficient (Wildman–Crippen LogP) is 3.61. The van der Waals surface area contributed by atoms with Crippen molar-refractivity contribution in [3.05, 3.63) is 72.1 Å². The highest BCUT2D eigenvalue weighted by Crippen LogP contribution is 2.44. The van der Waals surface area contributed by atoms with Gasteiger partial charge in [-0.15, -0.1) is 0 Å². The summed E-state index contributed by atoms with van der Waals surface area (Å²) >= 11 is 0. The number of hydrogen-bond acceptors (Lipinski definition) is 5. The van der Waals surface area contributed by atoms with Crippen molar-refractivity contribution in [3.8, 4) is 11.1 Å². The number of anilines is 1. The summed E-state index contributed by atoms with van der Waals surface area (Å²) in [7, 11) is 0. The fourth-order valence-electron chi connectivity index (χ4n) is 5.02. The van der Waals surface area contributed by atoms with Gasteiger partial charge in [0.25, 0.3) is 0 Å². The van der Waals surface area contributed by atoms with E-state index < -0.39 is 18.0 Å². The van der Waals surface area contributed by atoms with E-state index in [1.807, 2.05) is 24.3 Å². The van der Waals surface area contributed by atoms with Crippen LogP contribution < -0.4 is 10.6 Å². The molecular weight excluding hydrogens is 448 g/mol. The third-order valence-electron chi connectivity index (χ3n) is 6.68. The van der Waals surface area contributed by atoms with Crippen LogP contribution in [0.15, 0.2) is 60.9 Å². The summed E-state index contributed by atoms with van der Waals surface area (Å²) in [6.07, 6.45) is 4.06. The van der Waals surface area contributed by atoms with E-state index in [0.29, 0.717) is 24.9 Å². The molecule has 1 saturated carbocycles. The zero-order chi connectivity index (χ0) is 24.4. The van der Waals surface area contributed by atoms with Crippen molar-refractivity contribution >= 4 is 23.7 Å². The second-order valence-electron chi connectivity index (χ2n) is 8.99. The number of nitrogens with one attached hydrogen (secondary N) is 2. The summed E-state index contributed by atoms with van der Waals surface area (Å²) in [5.41, 5.74) is 5.01. The van der Waals surface area contributed by atoms with E-state index in [4.69, 9.17) is 9.84 Å². The Labute approximate surface area is 202 Å². The largest absolute Gasteiger partial charge is 0.481 e. The van der Waals surface area contributed by atoms with Crippen LogP contribution in [0.25, 0.3) is 11.1 Å². The van der Waals surface area contributed by atoms with Crippen molar-refractivity contribution in [1.82, 2.24) is 15.1 Å². The van der Waals surface area contributed by atoms with Crippen LogP contribution in [0.2, 0.25) is 0 Å². The summed E-state index contributed by atoms with van der Waals surface area (Å²) in [4.78, 5) is 35.8. The fraction of sp³-hybridized carbons (Fsp3) is 0.308. The average Bonchev–Trinajstić information content (AvgIpc) is 3.56. The lowest BCUT2D eigenvalue weighted by atomic mass is 9.98. The minimum absolute atomic E-state index is 0.0272. The minimum Gasteiger partial charge on any atom is -0.481 e. The van der Waals surface area contributed by atoms with Crippen LogP contribution >= 0.6 is 0 Å². The van der Waals surface area contributed by atoms with E-state index in [0.717, 1.165) is 22.3 Å². The van der Waals surface area contributed by atoms with E-state index in [-0.39, 0.29) is 31.0 Å². The van der Waals surface area contributed by atoms with E-state index in [1.54, 1.807) is 6.20 Å². The lowest BCUT2D eigenvalue weighted by Crippen LogP contribution is -2.35. The van der Waals surface area contributed by atoms with Crippen LogP contribution in [0.4, 0.5) is 10.5 Å². The second kappa shape index (κ2) is 9.61. The zero-order valence-electron chi connectivity index (χ0n) is 19.0. The molecular formula is C26H26N4O5. The average molecular weight is 475 g/mol. The van der Waals surface area contributed by atoms with Gasteiger partial charge < -0.3 is 15.2 Å². The van der Waals surface area contributed by atoms with Crippen molar-refractivity contribution in [2.75, 3.05) is 11.9 Å². The number of hydrogen-bond donors (Lipinski definition) is 3. The quantitative estimate of drug-likeness (QED) is 0.481. The molecule has 180 valence electrons. The molecule has 3 aromatic rings. The maximum Gasteiger partial charge on any atom is 0.411 e. The first-order valence-electron chi connectivity index (χ1n) is 11.6. The van der Waals surface area contributed by atoms with Crippen LogP contribution in [-0.4, -0.2) is 45.5 Å². The molecule has 0 saturated heterocycles. The molecule has 2 atom stereocenters. The topological polar surface area (TPSA) is 123 Å². The number of carboxylic acids is 1. The molecule has 2 aliphatic carbocycles. The smallest absolute Gasteiger partial charge is 0.411 e. The SMILES string of the molecule is O=C(Cn1cc(NC(=O)OCC2c3ccccc3-c3ccccc32)cn1)N[C@@H]1CC[C@H](C(=O)O)C1. The summed E-state index contributed by atoms with van der Waals surface area (Å²) in [6, 6.07) is 16.1. The van der Waals surface area contributed by atoms with Gasteiger partial charge in [0.2, 0.25) is 5.91 Å². The third-order valence-corrected chi connectivity index (χ3v) is 6.68. The van der Waals surface area contributed by atoms with E-state index in [2.05, 4.69) is 40.0 Å². The molecule has 2 aromatic carbocycles. The molecule has 9 heteroatoms. The van der Waals surface area contributed by atoms with Crippen molar-refractivity contribution in [3.63, 3.8) is 0 Å². The van der Waals surface area contributed by atoms with Gasteiger partial charge >= 0.3 is 12.1 Å². The summed E-state index contributed by atoms with van der Waals surface area (Å²) in [5.74, 6) is -1.51. The van der Waals surface area contributed by atoms with Crippen LogP contribution in [-0.2, 0) is 20.9 Å². The molecule has 0 bridgehead atoms. The Bertz CT molecular complexity index is 1220. The Balaban J connectivity index is 1.13. The number of aliphatic carboxylic acids is 1. The van der Waals surface area contributed by atoms with Gasteiger partial charge in [-0.3, -0.25) is 19.6 Å². The fourth-order valence-corrected chi connectivity index (χ4v) is 5.02. The number of aromatic nitrogens is 2. The Hall–Kier alpha value is -4.14. The highest BCUT2D eigenvalue weighted by molar-refractivity contribution is 5.85. The molecule has 9 nitrogen and oxygen atoms in total. The van der Waals surface area contributed by atoms with Gasteiger partial charge in [0, 0.05) is 18.2 Å². The van der Waals surface area contributed by atoms with Crippen molar-refractivity contribution in [1.29, 1.82) is 0 Å². The molecule has 0 radical (unpaired) electrons. The number of carboxylic acid groups (broad SMARTS) is 1. The molecule has 35 heavy (non-hydrogen) atoms. The lowest BCUT2D eigenvalue weighted by molar-refractivity contribution is -0.141. The van der Waals surface area contributed by atoms with Gasteiger partial charge in [0.1, 0.15) is 13.2 Å². The van der Waals surface area contributed by atoms with E-state index in [9.17, 15) is 14.4 Å². The Morgan fingerprint density at radius 3 is 2.37 bits per heavy atom. The molecule has 1 fully saturated rings. The molecule has 2 aliphatic rings. The first-order valence-corrected chi connectivity index (χ1v) is 11.6. The first-order chi connectivity index (χ1) is 17.0.